The van der Waals surface area contributed by atoms with Crippen LogP contribution in [0.2, 0.25) is 0 Å². The average Bonchev–Trinajstić information content (AvgIpc) is 2.01. The molecule has 0 bridgehead atoms. The highest BCUT2D eigenvalue weighted by molar-refractivity contribution is 5.76. The number of carboxylic acids is 1. The van der Waals surface area contributed by atoms with E-state index in [4.69, 9.17) is 9.84 Å². The van der Waals surface area contributed by atoms with Crippen LogP contribution < -0.4 is 0 Å². The molecular formula is C9H16O4. The van der Waals surface area contributed by atoms with Gasteiger partial charge in [0.15, 0.2) is 0 Å². The molecule has 0 fully saturated rings. The summed E-state index contributed by atoms with van der Waals surface area (Å²) < 4.78 is 4.94. The maximum Gasteiger partial charge on any atom is 0.306 e. The van der Waals surface area contributed by atoms with E-state index in [1.807, 2.05) is 13.8 Å². The molecule has 4 heteroatoms. The van der Waals surface area contributed by atoms with E-state index in [0.29, 0.717) is 0 Å². The van der Waals surface area contributed by atoms with Crippen LogP contribution in [0.4, 0.5) is 0 Å². The minimum Gasteiger partial charge on any atom is -0.481 e. The standard InChI is InChI=1S/C9H16O4/c1-3-4-7(2)13-9(12)6-5-8(10)11/h7H,3-6H2,1-2H3,(H,10,11)/t7-/m0/s1. The predicted octanol–water partition coefficient (Wildman–Crippen LogP) is 1.58. The van der Waals surface area contributed by atoms with Crippen molar-refractivity contribution in [1.82, 2.24) is 0 Å². The van der Waals surface area contributed by atoms with Crippen LogP contribution in [0, 0.1) is 0 Å². The quantitative estimate of drug-likeness (QED) is 0.643. The van der Waals surface area contributed by atoms with E-state index in [-0.39, 0.29) is 18.9 Å². The Hall–Kier alpha value is -1.06. The Balaban J connectivity index is 3.55. The number of esters is 1. The smallest absolute Gasteiger partial charge is 0.306 e. The first-order valence-corrected chi connectivity index (χ1v) is 4.47. The molecule has 0 saturated carbocycles. The zero-order valence-electron chi connectivity index (χ0n) is 8.08. The number of carboxylic acid groups (broad SMARTS) is 1. The van der Waals surface area contributed by atoms with Gasteiger partial charge in [0.2, 0.25) is 0 Å². The second-order valence-corrected chi connectivity index (χ2v) is 2.98. The molecule has 1 atom stereocenters. The normalized spacial score (nSPS) is 12.2. The van der Waals surface area contributed by atoms with E-state index < -0.39 is 11.9 Å². The molecule has 0 saturated heterocycles. The van der Waals surface area contributed by atoms with E-state index in [9.17, 15) is 9.59 Å². The van der Waals surface area contributed by atoms with Crippen molar-refractivity contribution in [1.29, 1.82) is 0 Å². The summed E-state index contributed by atoms with van der Waals surface area (Å²) in [4.78, 5) is 21.1. The summed E-state index contributed by atoms with van der Waals surface area (Å²) in [6, 6.07) is 0. The fourth-order valence-corrected chi connectivity index (χ4v) is 0.958. The van der Waals surface area contributed by atoms with Crippen molar-refractivity contribution in [2.24, 2.45) is 0 Å². The highest BCUT2D eigenvalue weighted by Gasteiger charge is 2.09. The summed E-state index contributed by atoms with van der Waals surface area (Å²) in [5.41, 5.74) is 0. The number of carbonyl (C=O) groups excluding carboxylic acids is 1. The first-order chi connectivity index (χ1) is 6.06. The molecule has 0 unspecified atom stereocenters. The van der Waals surface area contributed by atoms with Crippen LogP contribution in [0.5, 0.6) is 0 Å². The Morgan fingerprint density at radius 2 is 2.00 bits per heavy atom. The molecule has 0 aliphatic rings. The van der Waals surface area contributed by atoms with Gasteiger partial charge in [0.25, 0.3) is 0 Å². The number of rotatable bonds is 6. The molecule has 0 spiro atoms. The Bertz CT molecular complexity index is 176. The fourth-order valence-electron chi connectivity index (χ4n) is 0.958. The summed E-state index contributed by atoms with van der Waals surface area (Å²) in [6.07, 6.45) is 1.47. The second-order valence-electron chi connectivity index (χ2n) is 2.98. The van der Waals surface area contributed by atoms with Gasteiger partial charge in [-0.1, -0.05) is 13.3 Å². The number of hydrogen-bond donors (Lipinski definition) is 1. The van der Waals surface area contributed by atoms with Gasteiger partial charge in [-0.2, -0.15) is 0 Å². The molecule has 4 nitrogen and oxygen atoms in total. The second kappa shape index (κ2) is 6.46. The molecule has 13 heavy (non-hydrogen) atoms. The molecule has 1 N–H and O–H groups in total. The van der Waals surface area contributed by atoms with Gasteiger partial charge in [0, 0.05) is 0 Å². The Morgan fingerprint density at radius 1 is 1.38 bits per heavy atom. The first kappa shape index (κ1) is 11.9. The van der Waals surface area contributed by atoms with Crippen LogP contribution in [0.15, 0.2) is 0 Å². The number of ether oxygens (including phenoxy) is 1. The van der Waals surface area contributed by atoms with Crippen LogP contribution in [0.25, 0.3) is 0 Å². The van der Waals surface area contributed by atoms with Gasteiger partial charge in [0.1, 0.15) is 0 Å². The van der Waals surface area contributed by atoms with Crippen molar-refractivity contribution < 1.29 is 19.4 Å². The number of hydrogen-bond acceptors (Lipinski definition) is 3. The molecule has 0 aromatic rings. The van der Waals surface area contributed by atoms with Crippen LogP contribution >= 0.6 is 0 Å². The van der Waals surface area contributed by atoms with Crippen molar-refractivity contribution in [2.75, 3.05) is 0 Å². The Labute approximate surface area is 77.9 Å². The third-order valence-electron chi connectivity index (χ3n) is 1.57. The van der Waals surface area contributed by atoms with E-state index >= 15 is 0 Å². The molecule has 0 aromatic heterocycles. The fraction of sp³-hybridized carbons (Fsp3) is 0.778. The maximum atomic E-state index is 10.9. The van der Waals surface area contributed by atoms with Gasteiger partial charge in [-0.3, -0.25) is 9.59 Å². The first-order valence-electron chi connectivity index (χ1n) is 4.47. The van der Waals surface area contributed by atoms with Crippen LogP contribution in [0.3, 0.4) is 0 Å². The Morgan fingerprint density at radius 3 is 2.46 bits per heavy atom. The lowest BCUT2D eigenvalue weighted by Gasteiger charge is -2.11. The third-order valence-corrected chi connectivity index (χ3v) is 1.57. The number of aliphatic carboxylic acids is 1. The monoisotopic (exact) mass is 188 g/mol. The lowest BCUT2D eigenvalue weighted by molar-refractivity contribution is -0.151. The molecule has 76 valence electrons. The molecule has 0 aliphatic heterocycles. The zero-order valence-corrected chi connectivity index (χ0v) is 8.08. The summed E-state index contributed by atoms with van der Waals surface area (Å²) in [5.74, 6) is -1.40. The van der Waals surface area contributed by atoms with Crippen molar-refractivity contribution in [3.05, 3.63) is 0 Å². The van der Waals surface area contributed by atoms with Crippen molar-refractivity contribution >= 4 is 11.9 Å². The Kier molecular flexibility index (Phi) is 5.93. The van der Waals surface area contributed by atoms with E-state index in [0.717, 1.165) is 12.8 Å². The van der Waals surface area contributed by atoms with E-state index in [1.165, 1.54) is 0 Å². The maximum absolute atomic E-state index is 10.9. The highest BCUT2D eigenvalue weighted by atomic mass is 16.5. The van der Waals surface area contributed by atoms with Crippen molar-refractivity contribution in [3.63, 3.8) is 0 Å². The lowest BCUT2D eigenvalue weighted by atomic mass is 10.2. The van der Waals surface area contributed by atoms with Gasteiger partial charge < -0.3 is 9.84 Å². The summed E-state index contributed by atoms with van der Waals surface area (Å²) >= 11 is 0. The number of carbonyl (C=O) groups is 2. The predicted molar refractivity (Wildman–Crippen MR) is 47.3 cm³/mol. The van der Waals surface area contributed by atoms with Gasteiger partial charge in [-0.25, -0.2) is 0 Å². The highest BCUT2D eigenvalue weighted by Crippen LogP contribution is 2.03. The van der Waals surface area contributed by atoms with Gasteiger partial charge >= 0.3 is 11.9 Å². The van der Waals surface area contributed by atoms with Gasteiger partial charge in [-0.15, -0.1) is 0 Å². The van der Waals surface area contributed by atoms with Gasteiger partial charge in [-0.05, 0) is 13.3 Å². The molecule has 0 aliphatic carbocycles. The SMILES string of the molecule is CCC[C@H](C)OC(=O)CCC(=O)O. The van der Waals surface area contributed by atoms with E-state index in [1.54, 1.807) is 0 Å². The van der Waals surface area contributed by atoms with Crippen LogP contribution in [-0.4, -0.2) is 23.1 Å². The lowest BCUT2D eigenvalue weighted by Crippen LogP contribution is -2.15. The summed E-state index contributed by atoms with van der Waals surface area (Å²) in [7, 11) is 0. The third kappa shape index (κ3) is 7.31. The van der Waals surface area contributed by atoms with Gasteiger partial charge in [0.05, 0.1) is 18.9 Å². The van der Waals surface area contributed by atoms with Crippen LogP contribution in [-0.2, 0) is 14.3 Å². The summed E-state index contributed by atoms with van der Waals surface area (Å²) in [6.45, 7) is 3.81. The van der Waals surface area contributed by atoms with Crippen molar-refractivity contribution in [2.45, 2.75) is 45.6 Å². The minimum absolute atomic E-state index is 0.0383. The zero-order chi connectivity index (χ0) is 10.3. The molecular weight excluding hydrogens is 172 g/mol. The molecule has 0 amide bonds. The van der Waals surface area contributed by atoms with E-state index in [2.05, 4.69) is 0 Å². The summed E-state index contributed by atoms with van der Waals surface area (Å²) in [5, 5.41) is 8.29. The molecule has 0 rings (SSSR count). The topological polar surface area (TPSA) is 63.6 Å². The molecule has 0 aromatic carbocycles. The molecule has 0 radical (unpaired) electrons. The van der Waals surface area contributed by atoms with Crippen LogP contribution in [0.1, 0.15) is 39.5 Å². The largest absolute Gasteiger partial charge is 0.481 e. The minimum atomic E-state index is -0.972. The average molecular weight is 188 g/mol. The molecule has 0 heterocycles. The van der Waals surface area contributed by atoms with Crippen molar-refractivity contribution in [3.8, 4) is 0 Å².